The van der Waals surface area contributed by atoms with Gasteiger partial charge >= 0.3 is 6.18 Å². The predicted molar refractivity (Wildman–Crippen MR) is 136 cm³/mol. The van der Waals surface area contributed by atoms with Crippen LogP contribution in [0.15, 0.2) is 24.3 Å². The number of fused-ring (bicyclic) bond motifs is 3. The fourth-order valence-corrected chi connectivity index (χ4v) is 6.84. The molecule has 0 spiro atoms. The van der Waals surface area contributed by atoms with Crippen molar-refractivity contribution in [2.75, 3.05) is 13.1 Å². The first-order valence-electron chi connectivity index (χ1n) is 13.7. The van der Waals surface area contributed by atoms with E-state index in [-0.39, 0.29) is 11.9 Å². The van der Waals surface area contributed by atoms with Crippen LogP contribution in [0, 0.1) is 12.7 Å². The Morgan fingerprint density at radius 2 is 1.87 bits per heavy atom. The maximum Gasteiger partial charge on any atom is 0.397 e. The van der Waals surface area contributed by atoms with Gasteiger partial charge in [0.25, 0.3) is 0 Å². The molecule has 3 aliphatic rings. The van der Waals surface area contributed by atoms with Crippen LogP contribution >= 0.6 is 0 Å². The normalized spacial score (nSPS) is 23.9. The number of imidazole rings is 1. The molecule has 1 N–H and O–H groups in total. The highest BCUT2D eigenvalue weighted by atomic mass is 19.4. The van der Waals surface area contributed by atoms with E-state index >= 15 is 0 Å². The maximum atomic E-state index is 13.9. The molecule has 0 aliphatic carbocycles. The van der Waals surface area contributed by atoms with Gasteiger partial charge in [-0.25, -0.2) is 9.37 Å². The number of hydrogen-bond donors (Lipinski definition) is 1. The molecule has 0 saturated carbocycles. The summed E-state index contributed by atoms with van der Waals surface area (Å²) < 4.78 is 54.7. The van der Waals surface area contributed by atoms with E-state index in [2.05, 4.69) is 14.8 Å². The Kier molecular flexibility index (Phi) is 7.72. The Morgan fingerprint density at radius 3 is 2.51 bits per heavy atom. The average molecular weight is 550 g/mol. The molecule has 11 heteroatoms. The van der Waals surface area contributed by atoms with E-state index in [0.717, 1.165) is 49.3 Å². The number of benzene rings is 1. The van der Waals surface area contributed by atoms with Gasteiger partial charge in [-0.3, -0.25) is 14.5 Å². The van der Waals surface area contributed by atoms with E-state index < -0.39 is 30.4 Å². The average Bonchev–Trinajstić information content (AvgIpc) is 3.30. The lowest BCUT2D eigenvalue weighted by Gasteiger charge is -2.41. The van der Waals surface area contributed by atoms with Gasteiger partial charge in [-0.1, -0.05) is 12.1 Å². The van der Waals surface area contributed by atoms with Gasteiger partial charge in [0, 0.05) is 44.6 Å². The van der Waals surface area contributed by atoms with Crippen molar-refractivity contribution in [1.29, 1.82) is 0 Å². The minimum Gasteiger partial charge on any atom is -0.349 e. The van der Waals surface area contributed by atoms with Crippen LogP contribution in [0.1, 0.15) is 80.3 Å². The summed E-state index contributed by atoms with van der Waals surface area (Å²) in [5.41, 5.74) is 2.67. The molecule has 2 amide bonds. The molecular formula is C28H35F4N5O2. The van der Waals surface area contributed by atoms with E-state index in [1.165, 1.54) is 18.2 Å². The van der Waals surface area contributed by atoms with Crippen molar-refractivity contribution in [3.63, 3.8) is 0 Å². The number of hydrogen-bond acceptors (Lipinski definition) is 4. The van der Waals surface area contributed by atoms with E-state index in [4.69, 9.17) is 4.98 Å². The molecule has 1 aromatic heterocycles. The van der Waals surface area contributed by atoms with Gasteiger partial charge < -0.3 is 14.8 Å². The van der Waals surface area contributed by atoms with Crippen molar-refractivity contribution in [2.45, 2.75) is 95.7 Å². The van der Waals surface area contributed by atoms with E-state index in [1.807, 2.05) is 11.8 Å². The third kappa shape index (κ3) is 6.13. The number of nitrogens with one attached hydrogen (secondary N) is 1. The second kappa shape index (κ2) is 10.9. The number of halogens is 4. The number of nitrogens with zero attached hydrogens (tertiary/aromatic N) is 4. The summed E-state index contributed by atoms with van der Waals surface area (Å²) in [7, 11) is 0. The first-order chi connectivity index (χ1) is 18.5. The molecule has 212 valence electrons. The molecule has 3 aliphatic heterocycles. The molecule has 2 fully saturated rings. The van der Waals surface area contributed by atoms with Crippen LogP contribution in [0.25, 0.3) is 0 Å². The summed E-state index contributed by atoms with van der Waals surface area (Å²) in [6.45, 7) is 5.48. The van der Waals surface area contributed by atoms with Gasteiger partial charge in [-0.2, -0.15) is 13.2 Å². The minimum absolute atomic E-state index is 0.0659. The van der Waals surface area contributed by atoms with Crippen molar-refractivity contribution >= 4 is 11.8 Å². The van der Waals surface area contributed by atoms with Crippen molar-refractivity contribution in [2.24, 2.45) is 0 Å². The zero-order valence-corrected chi connectivity index (χ0v) is 22.3. The third-order valence-electron chi connectivity index (χ3n) is 8.52. The van der Waals surface area contributed by atoms with Crippen LogP contribution in [0.2, 0.25) is 0 Å². The Bertz CT molecular complexity index is 1220. The fraction of sp³-hybridized carbons (Fsp3) is 0.607. The smallest absolute Gasteiger partial charge is 0.349 e. The van der Waals surface area contributed by atoms with Crippen LogP contribution in [-0.4, -0.2) is 62.5 Å². The number of alkyl halides is 3. The first-order valence-corrected chi connectivity index (χ1v) is 13.7. The predicted octanol–water partition coefficient (Wildman–Crippen LogP) is 4.60. The summed E-state index contributed by atoms with van der Waals surface area (Å²) in [5.74, 6) is -0.567. The van der Waals surface area contributed by atoms with E-state index in [9.17, 15) is 27.2 Å². The summed E-state index contributed by atoms with van der Waals surface area (Å²) in [5, 5.41) is 2.50. The lowest BCUT2D eigenvalue weighted by Crippen LogP contribution is -2.45. The number of aromatic nitrogens is 2. The van der Waals surface area contributed by atoms with Crippen molar-refractivity contribution in [1.82, 2.24) is 24.7 Å². The number of rotatable bonds is 7. The van der Waals surface area contributed by atoms with Crippen LogP contribution in [-0.2, 0) is 22.6 Å². The third-order valence-corrected chi connectivity index (χ3v) is 8.52. The van der Waals surface area contributed by atoms with Gasteiger partial charge in [-0.15, -0.1) is 0 Å². The first kappa shape index (κ1) is 27.6. The summed E-state index contributed by atoms with van der Waals surface area (Å²) in [4.78, 5) is 33.3. The Labute approximate surface area is 225 Å². The number of carbonyl (C=O) groups is 2. The Hall–Kier alpha value is -2.95. The topological polar surface area (TPSA) is 70.5 Å². The number of amides is 2. The van der Waals surface area contributed by atoms with Crippen LogP contribution in [0.5, 0.6) is 0 Å². The molecule has 5 rings (SSSR count). The standard InChI is InChI=1S/C28H35F4N5O2/c1-17-33-25-8-10-35(18(2)38)16-26(25)37(17)23-13-21-6-7-22(14-23)36(21)11-9-24(19-4-3-5-20(29)12-19)34-27(39)15-28(30,31)32/h3-5,12,21-24H,6-11,13-16H2,1-2H3,(H,34,39)/t21-,22+,23?,24-/m0/s1. The highest BCUT2D eigenvalue weighted by Crippen LogP contribution is 2.43. The van der Waals surface area contributed by atoms with Crippen molar-refractivity contribution in [3.8, 4) is 0 Å². The van der Waals surface area contributed by atoms with E-state index in [0.29, 0.717) is 43.7 Å². The molecule has 7 nitrogen and oxygen atoms in total. The molecule has 2 saturated heterocycles. The SMILES string of the molecule is CC(=O)N1CCc2nc(C)n(C3C[C@H]4CC[C@@H](C3)N4CC[C@H](NC(=O)CC(F)(F)F)c3cccc(F)c3)c2C1. The van der Waals surface area contributed by atoms with Crippen LogP contribution in [0.4, 0.5) is 17.6 Å². The second-order valence-electron chi connectivity index (χ2n) is 11.1. The van der Waals surface area contributed by atoms with Gasteiger partial charge in [0.2, 0.25) is 11.8 Å². The molecule has 1 aromatic carbocycles. The maximum absolute atomic E-state index is 13.9. The summed E-state index contributed by atoms with van der Waals surface area (Å²) >= 11 is 0. The lowest BCUT2D eigenvalue weighted by atomic mass is 9.95. The van der Waals surface area contributed by atoms with Gasteiger partial charge in [-0.05, 0) is 56.7 Å². The minimum atomic E-state index is -4.61. The van der Waals surface area contributed by atoms with Crippen molar-refractivity contribution < 1.29 is 27.2 Å². The van der Waals surface area contributed by atoms with Crippen molar-refractivity contribution in [3.05, 3.63) is 52.9 Å². The van der Waals surface area contributed by atoms with Crippen LogP contribution in [0.3, 0.4) is 0 Å². The second-order valence-corrected chi connectivity index (χ2v) is 11.1. The summed E-state index contributed by atoms with van der Waals surface area (Å²) in [6, 6.07) is 5.85. The molecule has 1 unspecified atom stereocenters. The lowest BCUT2D eigenvalue weighted by molar-refractivity contribution is -0.154. The zero-order valence-electron chi connectivity index (χ0n) is 22.3. The molecule has 0 radical (unpaired) electrons. The van der Waals surface area contributed by atoms with E-state index in [1.54, 1.807) is 13.0 Å². The van der Waals surface area contributed by atoms with Gasteiger partial charge in [0.05, 0.1) is 24.0 Å². The van der Waals surface area contributed by atoms with Crippen LogP contribution < -0.4 is 5.32 Å². The molecule has 2 bridgehead atoms. The largest absolute Gasteiger partial charge is 0.397 e. The molecule has 39 heavy (non-hydrogen) atoms. The zero-order chi connectivity index (χ0) is 27.9. The quantitative estimate of drug-likeness (QED) is 0.513. The number of piperidine rings is 1. The number of carbonyl (C=O) groups excluding carboxylic acids is 2. The fourth-order valence-electron chi connectivity index (χ4n) is 6.84. The van der Waals surface area contributed by atoms with Gasteiger partial charge in [0.1, 0.15) is 18.1 Å². The number of aryl methyl sites for hydroxylation is 1. The Balaban J connectivity index is 1.28. The van der Waals surface area contributed by atoms with Gasteiger partial charge in [0.15, 0.2) is 0 Å². The molecule has 4 atom stereocenters. The molecule has 2 aromatic rings. The highest BCUT2D eigenvalue weighted by molar-refractivity contribution is 5.77. The highest BCUT2D eigenvalue weighted by Gasteiger charge is 2.42. The molecule has 4 heterocycles. The summed E-state index contributed by atoms with van der Waals surface area (Å²) in [6.07, 6.45) is -1.12. The monoisotopic (exact) mass is 549 g/mol. The molecular weight excluding hydrogens is 514 g/mol. The Morgan fingerprint density at radius 1 is 1.15 bits per heavy atom.